The SMILES string of the molecule is Brc1cccc2c1CCC2NCc1ccno1. The molecular weight excluding hydrogens is 280 g/mol. The topological polar surface area (TPSA) is 38.1 Å². The molecule has 1 atom stereocenters. The Morgan fingerprint density at radius 3 is 3.18 bits per heavy atom. The summed E-state index contributed by atoms with van der Waals surface area (Å²) in [5.41, 5.74) is 2.83. The highest BCUT2D eigenvalue weighted by molar-refractivity contribution is 9.10. The smallest absolute Gasteiger partial charge is 0.150 e. The zero-order valence-electron chi connectivity index (χ0n) is 9.32. The van der Waals surface area contributed by atoms with E-state index in [2.05, 4.69) is 44.6 Å². The van der Waals surface area contributed by atoms with Gasteiger partial charge < -0.3 is 9.84 Å². The number of nitrogens with one attached hydrogen (secondary N) is 1. The van der Waals surface area contributed by atoms with Crippen molar-refractivity contribution in [1.82, 2.24) is 10.5 Å². The standard InChI is InChI=1S/C13H13BrN2O/c14-12-3-1-2-11-10(12)4-5-13(11)15-8-9-6-7-16-17-9/h1-3,6-7,13,15H,4-5,8H2. The summed E-state index contributed by atoms with van der Waals surface area (Å²) >= 11 is 3.61. The molecule has 1 unspecified atom stereocenters. The average molecular weight is 293 g/mol. The molecule has 2 aromatic rings. The molecule has 0 fully saturated rings. The van der Waals surface area contributed by atoms with Crippen molar-refractivity contribution in [2.24, 2.45) is 0 Å². The lowest BCUT2D eigenvalue weighted by molar-refractivity contribution is 0.363. The summed E-state index contributed by atoms with van der Waals surface area (Å²) in [4.78, 5) is 0. The molecule has 0 saturated heterocycles. The molecule has 0 saturated carbocycles. The number of nitrogens with zero attached hydrogens (tertiary/aromatic N) is 1. The molecule has 0 spiro atoms. The van der Waals surface area contributed by atoms with Crippen LogP contribution >= 0.6 is 15.9 Å². The molecule has 1 aromatic heterocycles. The lowest BCUT2D eigenvalue weighted by Gasteiger charge is -2.12. The molecule has 88 valence electrons. The van der Waals surface area contributed by atoms with E-state index in [-0.39, 0.29) is 0 Å². The maximum absolute atomic E-state index is 5.08. The van der Waals surface area contributed by atoms with Crippen LogP contribution in [0.4, 0.5) is 0 Å². The summed E-state index contributed by atoms with van der Waals surface area (Å²) in [7, 11) is 0. The van der Waals surface area contributed by atoms with E-state index in [1.807, 2.05) is 6.07 Å². The Kier molecular flexibility index (Phi) is 2.99. The van der Waals surface area contributed by atoms with Crippen LogP contribution in [0.2, 0.25) is 0 Å². The van der Waals surface area contributed by atoms with E-state index >= 15 is 0 Å². The minimum Gasteiger partial charge on any atom is -0.360 e. The summed E-state index contributed by atoms with van der Waals surface area (Å²) in [6, 6.07) is 8.72. The van der Waals surface area contributed by atoms with E-state index in [0.717, 1.165) is 25.1 Å². The molecule has 1 aromatic carbocycles. The number of rotatable bonds is 3. The van der Waals surface area contributed by atoms with Gasteiger partial charge in [0.2, 0.25) is 0 Å². The first-order chi connectivity index (χ1) is 8.34. The second kappa shape index (κ2) is 4.63. The Morgan fingerprint density at radius 2 is 2.35 bits per heavy atom. The van der Waals surface area contributed by atoms with Gasteiger partial charge in [-0.1, -0.05) is 33.2 Å². The third kappa shape index (κ3) is 2.15. The molecule has 1 heterocycles. The Labute approximate surface area is 108 Å². The van der Waals surface area contributed by atoms with E-state index in [0.29, 0.717) is 6.04 Å². The Balaban J connectivity index is 1.73. The van der Waals surface area contributed by atoms with E-state index in [1.165, 1.54) is 15.6 Å². The molecule has 17 heavy (non-hydrogen) atoms. The fourth-order valence-corrected chi connectivity index (χ4v) is 2.96. The first-order valence-electron chi connectivity index (χ1n) is 5.75. The van der Waals surface area contributed by atoms with Gasteiger partial charge in [-0.15, -0.1) is 0 Å². The largest absolute Gasteiger partial charge is 0.360 e. The number of fused-ring (bicyclic) bond motifs is 1. The number of halogens is 1. The minimum absolute atomic E-state index is 0.424. The van der Waals surface area contributed by atoms with E-state index in [1.54, 1.807) is 6.20 Å². The molecule has 0 bridgehead atoms. The predicted molar refractivity (Wildman–Crippen MR) is 68.5 cm³/mol. The van der Waals surface area contributed by atoms with Crippen molar-refractivity contribution in [3.05, 3.63) is 51.8 Å². The van der Waals surface area contributed by atoms with Gasteiger partial charge in [-0.3, -0.25) is 0 Å². The van der Waals surface area contributed by atoms with Gasteiger partial charge in [-0.2, -0.15) is 0 Å². The third-order valence-electron chi connectivity index (χ3n) is 3.23. The van der Waals surface area contributed by atoms with Crippen LogP contribution in [0.1, 0.15) is 29.3 Å². The maximum Gasteiger partial charge on any atom is 0.150 e. The summed E-state index contributed by atoms with van der Waals surface area (Å²) in [5, 5.41) is 7.22. The first kappa shape index (κ1) is 11.0. The van der Waals surface area contributed by atoms with E-state index in [9.17, 15) is 0 Å². The summed E-state index contributed by atoms with van der Waals surface area (Å²) in [6.45, 7) is 0.733. The molecule has 3 nitrogen and oxygen atoms in total. The van der Waals surface area contributed by atoms with Crippen molar-refractivity contribution in [3.8, 4) is 0 Å². The monoisotopic (exact) mass is 292 g/mol. The number of benzene rings is 1. The lowest BCUT2D eigenvalue weighted by Crippen LogP contribution is -2.18. The fraction of sp³-hybridized carbons (Fsp3) is 0.308. The van der Waals surface area contributed by atoms with Crippen molar-refractivity contribution < 1.29 is 4.52 Å². The normalized spacial score (nSPS) is 18.3. The fourth-order valence-electron chi connectivity index (χ4n) is 2.38. The van der Waals surface area contributed by atoms with Crippen LogP contribution in [0.5, 0.6) is 0 Å². The number of hydrogen-bond acceptors (Lipinski definition) is 3. The first-order valence-corrected chi connectivity index (χ1v) is 6.54. The lowest BCUT2D eigenvalue weighted by atomic mass is 10.1. The van der Waals surface area contributed by atoms with Crippen LogP contribution in [0, 0.1) is 0 Å². The van der Waals surface area contributed by atoms with Crippen molar-refractivity contribution >= 4 is 15.9 Å². The maximum atomic E-state index is 5.08. The minimum atomic E-state index is 0.424. The van der Waals surface area contributed by atoms with Gasteiger partial charge in [0.25, 0.3) is 0 Å². The van der Waals surface area contributed by atoms with Gasteiger partial charge in [0.05, 0.1) is 12.7 Å². The molecule has 3 rings (SSSR count). The van der Waals surface area contributed by atoms with Gasteiger partial charge in [0.1, 0.15) is 5.76 Å². The number of hydrogen-bond donors (Lipinski definition) is 1. The van der Waals surface area contributed by atoms with Crippen LogP contribution in [-0.4, -0.2) is 5.16 Å². The van der Waals surface area contributed by atoms with Gasteiger partial charge in [0, 0.05) is 16.6 Å². The Morgan fingerprint density at radius 1 is 1.41 bits per heavy atom. The van der Waals surface area contributed by atoms with Gasteiger partial charge in [-0.25, -0.2) is 0 Å². The molecule has 0 radical (unpaired) electrons. The molecule has 1 N–H and O–H groups in total. The van der Waals surface area contributed by atoms with Crippen LogP contribution < -0.4 is 5.32 Å². The van der Waals surface area contributed by atoms with E-state index in [4.69, 9.17) is 4.52 Å². The van der Waals surface area contributed by atoms with Crippen LogP contribution in [0.25, 0.3) is 0 Å². The van der Waals surface area contributed by atoms with Gasteiger partial charge in [0.15, 0.2) is 0 Å². The second-order valence-electron chi connectivity index (χ2n) is 4.26. The van der Waals surface area contributed by atoms with Crippen molar-refractivity contribution in [2.45, 2.75) is 25.4 Å². The predicted octanol–water partition coefficient (Wildman–Crippen LogP) is 3.21. The average Bonchev–Trinajstić information content (AvgIpc) is 2.95. The zero-order chi connectivity index (χ0) is 11.7. The van der Waals surface area contributed by atoms with Gasteiger partial charge >= 0.3 is 0 Å². The highest BCUT2D eigenvalue weighted by atomic mass is 79.9. The van der Waals surface area contributed by atoms with Gasteiger partial charge in [-0.05, 0) is 30.0 Å². The summed E-state index contributed by atoms with van der Waals surface area (Å²) in [6.07, 6.45) is 3.95. The molecule has 0 aliphatic heterocycles. The quantitative estimate of drug-likeness (QED) is 0.944. The Hall–Kier alpha value is -1.13. The molecule has 0 amide bonds. The third-order valence-corrected chi connectivity index (χ3v) is 3.97. The molecule has 1 aliphatic rings. The van der Waals surface area contributed by atoms with Crippen LogP contribution in [0.3, 0.4) is 0 Å². The van der Waals surface area contributed by atoms with Crippen LogP contribution in [-0.2, 0) is 13.0 Å². The zero-order valence-corrected chi connectivity index (χ0v) is 10.9. The molecular formula is C13H13BrN2O. The van der Waals surface area contributed by atoms with Crippen molar-refractivity contribution in [1.29, 1.82) is 0 Å². The van der Waals surface area contributed by atoms with Crippen molar-refractivity contribution in [3.63, 3.8) is 0 Å². The summed E-state index contributed by atoms with van der Waals surface area (Å²) in [5.74, 6) is 0.883. The number of aromatic nitrogens is 1. The highest BCUT2D eigenvalue weighted by Crippen LogP contribution is 2.35. The summed E-state index contributed by atoms with van der Waals surface area (Å²) < 4.78 is 6.30. The Bertz CT molecular complexity index is 510. The van der Waals surface area contributed by atoms with Crippen molar-refractivity contribution in [2.75, 3.05) is 0 Å². The molecule has 1 aliphatic carbocycles. The highest BCUT2D eigenvalue weighted by Gasteiger charge is 2.23. The van der Waals surface area contributed by atoms with E-state index < -0.39 is 0 Å². The second-order valence-corrected chi connectivity index (χ2v) is 5.11. The molecule has 4 heteroatoms. The van der Waals surface area contributed by atoms with Crippen LogP contribution in [0.15, 0.2) is 39.5 Å².